The molecule has 0 saturated heterocycles. The molecule has 0 fully saturated rings. The second-order valence-electron chi connectivity index (χ2n) is 7.28. The van der Waals surface area contributed by atoms with Crippen LogP contribution >= 0.6 is 11.8 Å². The molecule has 3 aromatic carbocycles. The maximum Gasteiger partial charge on any atom is 0.262 e. The summed E-state index contributed by atoms with van der Waals surface area (Å²) in [6, 6.07) is 24.5. The van der Waals surface area contributed by atoms with E-state index in [0.717, 1.165) is 11.1 Å². The molecule has 8 heteroatoms. The zero-order valence-corrected chi connectivity index (χ0v) is 18.2. The summed E-state index contributed by atoms with van der Waals surface area (Å²) in [7, 11) is 0. The van der Waals surface area contributed by atoms with Crippen LogP contribution in [-0.2, 0) is 4.79 Å². The van der Waals surface area contributed by atoms with E-state index in [2.05, 4.69) is 15.5 Å². The lowest BCUT2D eigenvalue weighted by Crippen LogP contribution is -2.25. The summed E-state index contributed by atoms with van der Waals surface area (Å²) in [5, 5.41) is 11.8. The second-order valence-corrected chi connectivity index (χ2v) is 8.23. The number of rotatable bonds is 6. The number of fused-ring (bicyclic) bond motifs is 1. The average molecular weight is 455 g/mol. The van der Waals surface area contributed by atoms with E-state index in [0.29, 0.717) is 33.5 Å². The van der Waals surface area contributed by atoms with Crippen LogP contribution in [-0.4, -0.2) is 39.2 Å². The largest absolute Gasteiger partial charge is 0.482 e. The van der Waals surface area contributed by atoms with Crippen LogP contribution in [0.3, 0.4) is 0 Å². The third-order valence-electron chi connectivity index (χ3n) is 5.03. The Morgan fingerprint density at radius 2 is 1.61 bits per heavy atom. The number of Topliss-reactive ketones (excluding diaryl/α,β-unsaturated/α-hetero) is 1. The highest BCUT2D eigenvalue weighted by Crippen LogP contribution is 2.31. The minimum Gasteiger partial charge on any atom is -0.482 e. The molecule has 0 unspecified atom stereocenters. The van der Waals surface area contributed by atoms with Gasteiger partial charge in [0, 0.05) is 16.7 Å². The Balaban J connectivity index is 1.39. The minimum atomic E-state index is -0.243. The van der Waals surface area contributed by atoms with E-state index in [9.17, 15) is 9.59 Å². The maximum atomic E-state index is 12.8. The lowest BCUT2D eigenvalue weighted by molar-refractivity contribution is -0.118. The van der Waals surface area contributed by atoms with Crippen LogP contribution in [0.25, 0.3) is 22.5 Å². The van der Waals surface area contributed by atoms with Crippen LogP contribution in [0, 0.1) is 0 Å². The van der Waals surface area contributed by atoms with E-state index < -0.39 is 0 Å². The van der Waals surface area contributed by atoms with Gasteiger partial charge in [-0.25, -0.2) is 4.98 Å². The Morgan fingerprint density at radius 1 is 0.909 bits per heavy atom. The topological polar surface area (TPSA) is 94.1 Å². The van der Waals surface area contributed by atoms with Crippen molar-refractivity contribution in [2.75, 3.05) is 17.7 Å². The van der Waals surface area contributed by atoms with Gasteiger partial charge < -0.3 is 10.1 Å². The Kier molecular flexibility index (Phi) is 5.82. The third-order valence-corrected chi connectivity index (χ3v) is 5.87. The zero-order valence-electron chi connectivity index (χ0n) is 17.4. The normalized spacial score (nSPS) is 12.4. The zero-order chi connectivity index (χ0) is 22.6. The van der Waals surface area contributed by atoms with Crippen LogP contribution in [0.15, 0.2) is 84.0 Å². The number of thioether (sulfide) groups is 1. The van der Waals surface area contributed by atoms with Crippen molar-refractivity contribution in [1.82, 2.24) is 15.2 Å². The number of carbonyl (C=O) groups excluding carboxylic acids is 2. The number of hydrogen-bond acceptors (Lipinski definition) is 7. The van der Waals surface area contributed by atoms with Gasteiger partial charge in [0.2, 0.25) is 5.16 Å². The van der Waals surface area contributed by atoms with Crippen LogP contribution in [0.2, 0.25) is 0 Å². The number of aromatic nitrogens is 3. The molecule has 1 amide bonds. The first-order valence-corrected chi connectivity index (χ1v) is 11.2. The number of ketones is 1. The third kappa shape index (κ3) is 4.61. The number of nitrogens with one attached hydrogen (secondary N) is 1. The van der Waals surface area contributed by atoms with Crippen molar-refractivity contribution in [1.29, 1.82) is 0 Å². The van der Waals surface area contributed by atoms with Crippen molar-refractivity contribution in [3.05, 3.63) is 84.4 Å². The maximum absolute atomic E-state index is 12.8. The van der Waals surface area contributed by atoms with Crippen LogP contribution in [0.4, 0.5) is 5.69 Å². The van der Waals surface area contributed by atoms with Gasteiger partial charge in [0.15, 0.2) is 12.4 Å². The summed E-state index contributed by atoms with van der Waals surface area (Å²) in [4.78, 5) is 29.1. The van der Waals surface area contributed by atoms with Gasteiger partial charge in [-0.2, -0.15) is 0 Å². The minimum absolute atomic E-state index is 0.0246. The molecule has 0 aliphatic carbocycles. The van der Waals surface area contributed by atoms with Crippen LogP contribution in [0.1, 0.15) is 10.4 Å². The molecule has 5 rings (SSSR count). The summed E-state index contributed by atoms with van der Waals surface area (Å²) in [5.74, 6) is 0.330. The van der Waals surface area contributed by atoms with Gasteiger partial charge in [-0.15, -0.1) is 10.2 Å². The first-order chi connectivity index (χ1) is 16.2. The van der Waals surface area contributed by atoms with Gasteiger partial charge in [0.25, 0.3) is 5.91 Å². The average Bonchev–Trinajstić information content (AvgIpc) is 2.87. The standard InChI is InChI=1S/C25H18N4O3S/c30-20(18-11-12-21-19(13-18)26-22(31)14-32-21)15-33-25-27-23(16-7-3-1-4-8-16)24(28-29-25)17-9-5-2-6-10-17/h1-13H,14-15H2,(H,26,31). The smallest absolute Gasteiger partial charge is 0.262 e. The molecular weight excluding hydrogens is 436 g/mol. The molecular formula is C25H18N4O3S. The number of amides is 1. The van der Waals surface area contributed by atoms with Crippen molar-refractivity contribution in [3.63, 3.8) is 0 Å². The molecule has 0 spiro atoms. The molecule has 1 aliphatic heterocycles. The number of nitrogens with zero attached hydrogens (tertiary/aromatic N) is 3. The van der Waals surface area contributed by atoms with Gasteiger partial charge >= 0.3 is 0 Å². The first kappa shape index (κ1) is 20.8. The molecule has 1 aromatic heterocycles. The lowest BCUT2D eigenvalue weighted by atomic mass is 10.0. The Morgan fingerprint density at radius 3 is 2.33 bits per heavy atom. The van der Waals surface area contributed by atoms with Crippen LogP contribution in [0.5, 0.6) is 5.75 Å². The number of anilines is 1. The van der Waals surface area contributed by atoms with Gasteiger partial charge in [0.1, 0.15) is 17.1 Å². The lowest BCUT2D eigenvalue weighted by Gasteiger charge is -2.18. The number of carbonyl (C=O) groups is 2. The highest BCUT2D eigenvalue weighted by molar-refractivity contribution is 7.99. The van der Waals surface area contributed by atoms with Gasteiger partial charge in [-0.3, -0.25) is 9.59 Å². The van der Waals surface area contributed by atoms with Crippen molar-refractivity contribution < 1.29 is 14.3 Å². The quantitative estimate of drug-likeness (QED) is 0.338. The monoisotopic (exact) mass is 454 g/mol. The second kappa shape index (κ2) is 9.22. The molecule has 0 radical (unpaired) electrons. The predicted molar refractivity (Wildman–Crippen MR) is 126 cm³/mol. The molecule has 7 nitrogen and oxygen atoms in total. The fourth-order valence-corrected chi connectivity index (χ4v) is 4.11. The van der Waals surface area contributed by atoms with Gasteiger partial charge in [-0.05, 0) is 18.2 Å². The number of hydrogen-bond donors (Lipinski definition) is 1. The van der Waals surface area contributed by atoms with Crippen molar-refractivity contribution >= 4 is 29.1 Å². The molecule has 1 N–H and O–H groups in total. The SMILES string of the molecule is O=C1COc2ccc(C(=O)CSc3nnc(-c4ccccc4)c(-c4ccccc4)n3)cc2N1. The van der Waals surface area contributed by atoms with Crippen molar-refractivity contribution in [2.45, 2.75) is 5.16 Å². The van der Waals surface area contributed by atoms with E-state index in [1.807, 2.05) is 60.7 Å². The van der Waals surface area contributed by atoms with E-state index in [1.54, 1.807) is 18.2 Å². The van der Waals surface area contributed by atoms with E-state index in [-0.39, 0.29) is 24.1 Å². The van der Waals surface area contributed by atoms with Gasteiger partial charge in [0.05, 0.1) is 11.4 Å². The summed E-state index contributed by atoms with van der Waals surface area (Å²) in [5.41, 5.74) is 4.21. The van der Waals surface area contributed by atoms with E-state index in [4.69, 9.17) is 9.72 Å². The molecule has 162 valence electrons. The fraction of sp³-hybridized carbons (Fsp3) is 0.0800. The molecule has 0 saturated carbocycles. The van der Waals surface area contributed by atoms with Crippen LogP contribution < -0.4 is 10.1 Å². The molecule has 4 aromatic rings. The molecule has 0 bridgehead atoms. The summed E-state index contributed by atoms with van der Waals surface area (Å²) >= 11 is 1.22. The number of benzene rings is 3. The van der Waals surface area contributed by atoms with Crippen molar-refractivity contribution in [2.24, 2.45) is 0 Å². The molecule has 33 heavy (non-hydrogen) atoms. The fourth-order valence-electron chi connectivity index (χ4n) is 3.43. The summed E-state index contributed by atoms with van der Waals surface area (Å²) in [6.45, 7) is -0.0246. The highest BCUT2D eigenvalue weighted by Gasteiger charge is 2.19. The van der Waals surface area contributed by atoms with E-state index >= 15 is 0 Å². The predicted octanol–water partition coefficient (Wildman–Crippen LogP) is 4.51. The van der Waals surface area contributed by atoms with Crippen molar-refractivity contribution in [3.8, 4) is 28.3 Å². The highest BCUT2D eigenvalue weighted by atomic mass is 32.2. The Bertz CT molecular complexity index is 1330. The molecule has 1 aliphatic rings. The Labute approximate surface area is 194 Å². The summed E-state index contributed by atoms with van der Waals surface area (Å²) in [6.07, 6.45) is 0. The number of ether oxygens (including phenoxy) is 1. The van der Waals surface area contributed by atoms with Gasteiger partial charge in [-0.1, -0.05) is 72.4 Å². The Hall–Kier alpha value is -4.04. The molecule has 0 atom stereocenters. The summed E-state index contributed by atoms with van der Waals surface area (Å²) < 4.78 is 5.35. The van der Waals surface area contributed by atoms with E-state index in [1.165, 1.54) is 11.8 Å². The first-order valence-electron chi connectivity index (χ1n) is 10.3. The molecule has 2 heterocycles.